The van der Waals surface area contributed by atoms with Crippen molar-refractivity contribution in [1.82, 2.24) is 5.32 Å². The van der Waals surface area contributed by atoms with Gasteiger partial charge in [-0.25, -0.2) is 4.99 Å². The van der Waals surface area contributed by atoms with Crippen molar-refractivity contribution in [2.45, 2.75) is 45.6 Å². The van der Waals surface area contributed by atoms with Crippen LogP contribution in [-0.2, 0) is 4.79 Å². The number of carbonyl (C=O) groups is 1. The quantitative estimate of drug-likeness (QED) is 0.481. The fraction of sp³-hybridized carbons (Fsp3) is 0.333. The summed E-state index contributed by atoms with van der Waals surface area (Å²) in [5, 5.41) is 4.65. The zero-order valence-corrected chi connectivity index (χ0v) is 20.5. The first-order valence-electron chi connectivity index (χ1n) is 10.2. The predicted octanol–water partition coefficient (Wildman–Crippen LogP) is 6.92. The molecule has 162 valence electrons. The minimum Gasteiger partial charge on any atom is -0.369 e. The first-order valence-corrected chi connectivity index (χ1v) is 11.8. The molecule has 2 aliphatic heterocycles. The van der Waals surface area contributed by atoms with Gasteiger partial charge >= 0.3 is 0 Å². The Morgan fingerprint density at radius 1 is 1.26 bits per heavy atom. The third-order valence-electron chi connectivity index (χ3n) is 6.15. The second-order valence-electron chi connectivity index (χ2n) is 8.77. The van der Waals surface area contributed by atoms with Crippen LogP contribution in [0.4, 0.5) is 11.4 Å². The van der Waals surface area contributed by atoms with Gasteiger partial charge < -0.3 is 10.2 Å². The summed E-state index contributed by atoms with van der Waals surface area (Å²) in [6, 6.07) is 9.68. The van der Waals surface area contributed by atoms with Crippen LogP contribution in [0, 0.1) is 6.92 Å². The number of hydrogen-bond acceptors (Lipinski definition) is 4. The maximum absolute atomic E-state index is 12.6. The van der Waals surface area contributed by atoms with Crippen molar-refractivity contribution < 1.29 is 4.79 Å². The van der Waals surface area contributed by atoms with E-state index in [-0.39, 0.29) is 11.4 Å². The number of benzene rings is 2. The molecule has 2 heterocycles. The second kappa shape index (κ2) is 8.19. The Morgan fingerprint density at radius 2 is 2.00 bits per heavy atom. The van der Waals surface area contributed by atoms with Crippen LogP contribution in [0.3, 0.4) is 0 Å². The highest BCUT2D eigenvalue weighted by Crippen LogP contribution is 2.45. The first-order chi connectivity index (χ1) is 14.6. The van der Waals surface area contributed by atoms with Gasteiger partial charge in [-0.1, -0.05) is 36.2 Å². The molecule has 0 saturated carbocycles. The molecule has 1 fully saturated rings. The fourth-order valence-electron chi connectivity index (χ4n) is 4.16. The number of halogens is 2. The Balaban J connectivity index is 1.67. The van der Waals surface area contributed by atoms with Crippen molar-refractivity contribution in [3.8, 4) is 0 Å². The highest BCUT2D eigenvalue weighted by molar-refractivity contribution is 8.18. The molecule has 1 saturated heterocycles. The number of carbonyl (C=O) groups excluding carboxylic acids is 1. The number of aliphatic imine (C=N–C) groups is 1. The van der Waals surface area contributed by atoms with E-state index in [2.05, 4.69) is 49.1 Å². The van der Waals surface area contributed by atoms with E-state index in [0.717, 1.165) is 28.9 Å². The number of thioether (sulfide) groups is 1. The van der Waals surface area contributed by atoms with Crippen LogP contribution >= 0.6 is 35.0 Å². The Labute approximate surface area is 197 Å². The molecule has 1 amide bonds. The van der Waals surface area contributed by atoms with Gasteiger partial charge in [0, 0.05) is 28.3 Å². The molecule has 1 unspecified atom stereocenters. The summed E-state index contributed by atoms with van der Waals surface area (Å²) in [4.78, 5) is 20.0. The van der Waals surface area contributed by atoms with E-state index < -0.39 is 0 Å². The van der Waals surface area contributed by atoms with Gasteiger partial charge in [-0.2, -0.15) is 0 Å². The van der Waals surface area contributed by atoms with Crippen LogP contribution in [0.25, 0.3) is 6.08 Å². The predicted molar refractivity (Wildman–Crippen MR) is 134 cm³/mol. The molecule has 7 heteroatoms. The van der Waals surface area contributed by atoms with Crippen LogP contribution in [0.2, 0.25) is 10.0 Å². The minimum absolute atomic E-state index is 0.0702. The first kappa shape index (κ1) is 22.3. The zero-order valence-electron chi connectivity index (χ0n) is 18.2. The largest absolute Gasteiger partial charge is 0.369 e. The Kier molecular flexibility index (Phi) is 5.88. The molecule has 4 rings (SSSR count). The number of amidine groups is 1. The Morgan fingerprint density at radius 3 is 2.74 bits per heavy atom. The lowest BCUT2D eigenvalue weighted by molar-refractivity contribution is -0.115. The number of amides is 1. The number of nitrogens with zero attached hydrogens (tertiary/aromatic N) is 2. The lowest BCUT2D eigenvalue weighted by Crippen LogP contribution is -2.45. The number of rotatable bonds is 2. The van der Waals surface area contributed by atoms with Gasteiger partial charge in [-0.3, -0.25) is 4.79 Å². The van der Waals surface area contributed by atoms with E-state index in [1.54, 1.807) is 0 Å². The summed E-state index contributed by atoms with van der Waals surface area (Å²) in [7, 11) is 2.11. The summed E-state index contributed by atoms with van der Waals surface area (Å²) in [6.07, 6.45) is 2.90. The van der Waals surface area contributed by atoms with E-state index >= 15 is 0 Å². The van der Waals surface area contributed by atoms with Gasteiger partial charge in [-0.05, 0) is 91.9 Å². The van der Waals surface area contributed by atoms with Crippen LogP contribution in [-0.4, -0.2) is 23.7 Å². The molecule has 0 bridgehead atoms. The van der Waals surface area contributed by atoms with Gasteiger partial charge in [0.05, 0.1) is 10.6 Å². The van der Waals surface area contributed by atoms with Crippen LogP contribution in [0.15, 0.2) is 40.2 Å². The Bertz CT molecular complexity index is 1140. The van der Waals surface area contributed by atoms with Crippen molar-refractivity contribution in [3.05, 3.63) is 62.0 Å². The average Bonchev–Trinajstić information content (AvgIpc) is 3.03. The molecule has 2 aliphatic rings. The zero-order chi connectivity index (χ0) is 22.5. The van der Waals surface area contributed by atoms with E-state index in [9.17, 15) is 4.79 Å². The highest BCUT2D eigenvalue weighted by atomic mass is 35.5. The molecule has 0 spiro atoms. The standard InChI is InChI=1S/C24H25Cl2N3OS/c1-13-12-24(3,4)29(5)20-11-18(26)15(9-16(13)20)10-21-22(30)28-23(31-21)27-19-8-6-7-17(25)14(19)2/h6-11,13H,12H2,1-5H3,(H,27,28,30)/b21-10-. The van der Waals surface area contributed by atoms with Crippen LogP contribution in [0.1, 0.15) is 49.8 Å². The third kappa shape index (κ3) is 4.23. The molecule has 1 N–H and O–H groups in total. The van der Waals surface area contributed by atoms with Gasteiger partial charge in [-0.15, -0.1) is 0 Å². The van der Waals surface area contributed by atoms with Crippen molar-refractivity contribution >= 4 is 63.5 Å². The van der Waals surface area contributed by atoms with Crippen molar-refractivity contribution in [1.29, 1.82) is 0 Å². The van der Waals surface area contributed by atoms with Crippen molar-refractivity contribution in [2.75, 3.05) is 11.9 Å². The second-order valence-corrected chi connectivity index (χ2v) is 10.6. The minimum atomic E-state index is -0.177. The maximum atomic E-state index is 12.6. The molecular formula is C24H25Cl2N3OS. The maximum Gasteiger partial charge on any atom is 0.264 e. The summed E-state index contributed by atoms with van der Waals surface area (Å²) in [5.41, 5.74) is 4.94. The van der Waals surface area contributed by atoms with Crippen LogP contribution in [0.5, 0.6) is 0 Å². The van der Waals surface area contributed by atoms with Gasteiger partial charge in [0.15, 0.2) is 5.17 Å². The molecule has 0 aliphatic carbocycles. The van der Waals surface area contributed by atoms with E-state index in [1.807, 2.05) is 37.3 Å². The van der Waals surface area contributed by atoms with Gasteiger partial charge in [0.25, 0.3) is 5.91 Å². The summed E-state index contributed by atoms with van der Waals surface area (Å²) in [6.45, 7) is 8.65. The number of hydrogen-bond donors (Lipinski definition) is 1. The number of nitrogens with one attached hydrogen (secondary N) is 1. The smallest absolute Gasteiger partial charge is 0.264 e. The molecule has 1 atom stereocenters. The SMILES string of the molecule is Cc1c(Cl)cccc1N=C1NC(=O)/C(=C/c2cc3c(cc2Cl)N(C)C(C)(C)CC3C)S1. The van der Waals surface area contributed by atoms with Crippen LogP contribution < -0.4 is 10.2 Å². The highest BCUT2D eigenvalue weighted by Gasteiger charge is 2.34. The fourth-order valence-corrected chi connectivity index (χ4v) is 5.37. The van der Waals surface area contributed by atoms with Gasteiger partial charge in [0.2, 0.25) is 0 Å². The van der Waals surface area contributed by atoms with E-state index in [4.69, 9.17) is 23.2 Å². The summed E-state index contributed by atoms with van der Waals surface area (Å²) >= 11 is 14.1. The number of fused-ring (bicyclic) bond motifs is 1. The van der Waals surface area contributed by atoms with Gasteiger partial charge in [0.1, 0.15) is 0 Å². The van der Waals surface area contributed by atoms with Crippen molar-refractivity contribution in [2.24, 2.45) is 4.99 Å². The molecular weight excluding hydrogens is 449 g/mol. The number of anilines is 1. The monoisotopic (exact) mass is 473 g/mol. The Hall–Kier alpha value is -1.95. The van der Waals surface area contributed by atoms with Crippen molar-refractivity contribution in [3.63, 3.8) is 0 Å². The lowest BCUT2D eigenvalue weighted by atomic mass is 9.80. The summed E-state index contributed by atoms with van der Waals surface area (Å²) < 4.78 is 0. The van der Waals surface area contributed by atoms with E-state index in [0.29, 0.717) is 26.0 Å². The summed E-state index contributed by atoms with van der Waals surface area (Å²) in [5.74, 6) is 0.229. The normalized spacial score (nSPS) is 22.7. The molecule has 0 radical (unpaired) electrons. The topological polar surface area (TPSA) is 44.7 Å². The molecule has 2 aromatic rings. The van der Waals surface area contributed by atoms with E-state index in [1.165, 1.54) is 17.3 Å². The third-order valence-corrected chi connectivity index (χ3v) is 7.80. The molecule has 4 nitrogen and oxygen atoms in total. The average molecular weight is 474 g/mol. The molecule has 0 aromatic heterocycles. The lowest BCUT2D eigenvalue weighted by Gasteiger charge is -2.45. The molecule has 31 heavy (non-hydrogen) atoms. The molecule has 2 aromatic carbocycles.